The number of thioether (sulfide) groups is 1. The molecule has 3 aromatic carbocycles. The average molecular weight is 432 g/mol. The number of imide groups is 1. The molecule has 156 valence electrons. The van der Waals surface area contributed by atoms with E-state index in [2.05, 4.69) is 0 Å². The van der Waals surface area contributed by atoms with Crippen LogP contribution in [0.1, 0.15) is 11.1 Å². The van der Waals surface area contributed by atoms with Crippen molar-refractivity contribution in [3.05, 3.63) is 94.9 Å². The number of amides is 2. The lowest BCUT2D eigenvalue weighted by Gasteiger charge is -2.15. The molecule has 0 aromatic heterocycles. The van der Waals surface area contributed by atoms with Gasteiger partial charge < -0.3 is 9.47 Å². The maximum atomic E-state index is 13.4. The standard InChI is InChI=1S/C25H21NO4S/c1-29-20-12-8-18(9-13-20)22-23(31-16-17-6-4-3-5-7-17)25(28)26(24(22)27)19-10-14-21(30-2)15-11-19/h3-15H,16H2,1-2H3. The molecule has 1 aliphatic rings. The first-order chi connectivity index (χ1) is 15.1. The predicted octanol–water partition coefficient (Wildman–Crippen LogP) is 4.92. The molecule has 31 heavy (non-hydrogen) atoms. The summed E-state index contributed by atoms with van der Waals surface area (Å²) in [5.74, 6) is 1.28. The van der Waals surface area contributed by atoms with Crippen LogP contribution in [0.3, 0.4) is 0 Å². The Kier molecular flexibility index (Phi) is 6.09. The summed E-state index contributed by atoms with van der Waals surface area (Å²) < 4.78 is 10.4. The van der Waals surface area contributed by atoms with Crippen molar-refractivity contribution in [2.24, 2.45) is 0 Å². The molecule has 0 spiro atoms. The largest absolute Gasteiger partial charge is 0.497 e. The van der Waals surface area contributed by atoms with Crippen molar-refractivity contribution in [2.75, 3.05) is 19.1 Å². The van der Waals surface area contributed by atoms with Gasteiger partial charge in [0.2, 0.25) is 0 Å². The van der Waals surface area contributed by atoms with Crippen molar-refractivity contribution in [3.8, 4) is 11.5 Å². The number of hydrogen-bond acceptors (Lipinski definition) is 5. The number of nitrogens with zero attached hydrogens (tertiary/aromatic N) is 1. The Morgan fingerprint density at radius 1 is 0.742 bits per heavy atom. The second kappa shape index (κ2) is 9.10. The maximum absolute atomic E-state index is 13.4. The summed E-state index contributed by atoms with van der Waals surface area (Å²) in [6, 6.07) is 24.0. The third kappa shape index (κ3) is 4.20. The quantitative estimate of drug-likeness (QED) is 0.497. The number of benzene rings is 3. The first kappa shape index (κ1) is 20.8. The van der Waals surface area contributed by atoms with Crippen molar-refractivity contribution >= 4 is 34.8 Å². The molecule has 0 bridgehead atoms. The van der Waals surface area contributed by atoms with E-state index in [1.165, 1.54) is 16.7 Å². The third-order valence-electron chi connectivity index (χ3n) is 4.98. The Bertz CT molecular complexity index is 1120. The van der Waals surface area contributed by atoms with Gasteiger partial charge in [-0.2, -0.15) is 0 Å². The first-order valence-corrected chi connectivity index (χ1v) is 10.7. The number of methoxy groups -OCH3 is 2. The summed E-state index contributed by atoms with van der Waals surface area (Å²) >= 11 is 1.38. The van der Waals surface area contributed by atoms with Gasteiger partial charge in [0.05, 0.1) is 30.4 Å². The lowest BCUT2D eigenvalue weighted by atomic mass is 10.1. The second-order valence-corrected chi connectivity index (χ2v) is 7.84. The summed E-state index contributed by atoms with van der Waals surface area (Å²) in [5.41, 5.74) is 2.68. The first-order valence-electron chi connectivity index (χ1n) is 9.70. The molecule has 0 fully saturated rings. The molecule has 0 saturated heterocycles. The fourth-order valence-corrected chi connectivity index (χ4v) is 4.42. The highest BCUT2D eigenvalue weighted by atomic mass is 32.2. The fraction of sp³-hybridized carbons (Fsp3) is 0.120. The van der Waals surface area contributed by atoms with Crippen molar-refractivity contribution in [1.29, 1.82) is 0 Å². The molecule has 4 rings (SSSR count). The molecule has 6 heteroatoms. The van der Waals surface area contributed by atoms with Gasteiger partial charge in [-0.25, -0.2) is 4.90 Å². The van der Waals surface area contributed by atoms with Crippen LogP contribution in [0.25, 0.3) is 5.57 Å². The van der Waals surface area contributed by atoms with Crippen LogP contribution in [0.4, 0.5) is 5.69 Å². The summed E-state index contributed by atoms with van der Waals surface area (Å²) in [6.45, 7) is 0. The molecule has 0 radical (unpaired) electrons. The van der Waals surface area contributed by atoms with Gasteiger partial charge in [0, 0.05) is 5.75 Å². The number of hydrogen-bond donors (Lipinski definition) is 0. The van der Waals surface area contributed by atoms with E-state index < -0.39 is 0 Å². The molecule has 5 nitrogen and oxygen atoms in total. The Morgan fingerprint density at radius 2 is 1.32 bits per heavy atom. The highest BCUT2D eigenvalue weighted by molar-refractivity contribution is 8.03. The number of ether oxygens (including phenoxy) is 2. The molecular weight excluding hydrogens is 410 g/mol. The van der Waals surface area contributed by atoms with E-state index in [9.17, 15) is 9.59 Å². The minimum atomic E-state index is -0.337. The number of carbonyl (C=O) groups excluding carboxylic acids is 2. The van der Waals surface area contributed by atoms with Crippen molar-refractivity contribution in [2.45, 2.75) is 5.75 Å². The summed E-state index contributed by atoms with van der Waals surface area (Å²) in [6.07, 6.45) is 0. The SMILES string of the molecule is COc1ccc(C2=C(SCc3ccccc3)C(=O)N(c3ccc(OC)cc3)C2=O)cc1. The van der Waals surface area contributed by atoms with E-state index in [0.29, 0.717) is 39.0 Å². The molecule has 1 aliphatic heterocycles. The summed E-state index contributed by atoms with van der Waals surface area (Å²) in [7, 11) is 3.16. The van der Waals surface area contributed by atoms with Crippen LogP contribution in [0.2, 0.25) is 0 Å². The third-order valence-corrected chi connectivity index (χ3v) is 6.12. The van der Waals surface area contributed by atoms with Crippen LogP contribution in [0.15, 0.2) is 83.8 Å². The van der Waals surface area contributed by atoms with Crippen LogP contribution in [0.5, 0.6) is 11.5 Å². The van der Waals surface area contributed by atoms with E-state index in [-0.39, 0.29) is 11.8 Å². The maximum Gasteiger partial charge on any atom is 0.272 e. The molecule has 2 amide bonds. The monoisotopic (exact) mass is 431 g/mol. The molecule has 0 saturated carbocycles. The smallest absolute Gasteiger partial charge is 0.272 e. The van der Waals surface area contributed by atoms with Gasteiger partial charge in [-0.15, -0.1) is 11.8 Å². The lowest BCUT2D eigenvalue weighted by molar-refractivity contribution is -0.119. The van der Waals surface area contributed by atoms with E-state index >= 15 is 0 Å². The van der Waals surface area contributed by atoms with Crippen LogP contribution >= 0.6 is 11.8 Å². The van der Waals surface area contributed by atoms with Gasteiger partial charge in [0.15, 0.2) is 0 Å². The van der Waals surface area contributed by atoms with E-state index in [1.54, 1.807) is 62.8 Å². The summed E-state index contributed by atoms with van der Waals surface area (Å²) in [5, 5.41) is 0. The predicted molar refractivity (Wildman–Crippen MR) is 123 cm³/mol. The average Bonchev–Trinajstić information content (AvgIpc) is 3.07. The topological polar surface area (TPSA) is 55.8 Å². The van der Waals surface area contributed by atoms with E-state index in [4.69, 9.17) is 9.47 Å². The van der Waals surface area contributed by atoms with E-state index in [0.717, 1.165) is 5.56 Å². The van der Waals surface area contributed by atoms with Crippen molar-refractivity contribution in [3.63, 3.8) is 0 Å². The van der Waals surface area contributed by atoms with Crippen molar-refractivity contribution < 1.29 is 19.1 Å². The van der Waals surface area contributed by atoms with Crippen LogP contribution in [0, 0.1) is 0 Å². The van der Waals surface area contributed by atoms with Gasteiger partial charge in [-0.1, -0.05) is 42.5 Å². The van der Waals surface area contributed by atoms with Gasteiger partial charge in [0.25, 0.3) is 11.8 Å². The molecule has 0 N–H and O–H groups in total. The van der Waals surface area contributed by atoms with Crippen LogP contribution in [-0.4, -0.2) is 26.0 Å². The van der Waals surface area contributed by atoms with Gasteiger partial charge >= 0.3 is 0 Å². The fourth-order valence-electron chi connectivity index (χ4n) is 3.35. The zero-order valence-electron chi connectivity index (χ0n) is 17.2. The Morgan fingerprint density at radius 3 is 1.90 bits per heavy atom. The number of rotatable bonds is 7. The molecule has 0 aliphatic carbocycles. The van der Waals surface area contributed by atoms with Gasteiger partial charge in [0.1, 0.15) is 11.5 Å². The highest BCUT2D eigenvalue weighted by Crippen LogP contribution is 2.40. The molecule has 1 heterocycles. The number of anilines is 1. The van der Waals surface area contributed by atoms with Gasteiger partial charge in [-0.05, 0) is 47.5 Å². The Hall–Kier alpha value is -3.51. The second-order valence-electron chi connectivity index (χ2n) is 6.85. The minimum absolute atomic E-state index is 0.318. The number of carbonyl (C=O) groups is 2. The molecule has 0 unspecified atom stereocenters. The zero-order valence-corrected chi connectivity index (χ0v) is 18.0. The zero-order chi connectivity index (χ0) is 21.8. The molecular formula is C25H21NO4S. The summed E-state index contributed by atoms with van der Waals surface area (Å²) in [4.78, 5) is 28.5. The van der Waals surface area contributed by atoms with Crippen LogP contribution in [-0.2, 0) is 15.3 Å². The van der Waals surface area contributed by atoms with Crippen molar-refractivity contribution in [1.82, 2.24) is 0 Å². The van der Waals surface area contributed by atoms with Gasteiger partial charge in [-0.3, -0.25) is 9.59 Å². The van der Waals surface area contributed by atoms with E-state index in [1.807, 2.05) is 30.3 Å². The Balaban J connectivity index is 1.72. The van der Waals surface area contributed by atoms with Crippen LogP contribution < -0.4 is 14.4 Å². The normalized spacial score (nSPS) is 13.7. The molecule has 3 aromatic rings. The highest BCUT2D eigenvalue weighted by Gasteiger charge is 2.40. The minimum Gasteiger partial charge on any atom is -0.497 e. The Labute approximate surface area is 185 Å². The lowest BCUT2D eigenvalue weighted by Crippen LogP contribution is -2.31. The molecule has 0 atom stereocenters.